The number of carbonyl (C=O) groups excluding carboxylic acids is 3. The molecule has 2 heterocycles. The van der Waals surface area contributed by atoms with E-state index in [0.717, 1.165) is 12.8 Å². The van der Waals surface area contributed by atoms with E-state index in [4.69, 9.17) is 4.74 Å². The number of aromatic amines is 1. The van der Waals surface area contributed by atoms with Crippen LogP contribution in [0.25, 0.3) is 11.0 Å². The van der Waals surface area contributed by atoms with Crippen LogP contribution in [0.15, 0.2) is 18.2 Å². The molecule has 1 aromatic heterocycles. The summed E-state index contributed by atoms with van der Waals surface area (Å²) in [4.78, 5) is 44.9. The minimum Gasteiger partial charge on any atom is -0.494 e. The molecule has 4 rings (SSSR count). The highest BCUT2D eigenvalue weighted by atomic mass is 16.5. The third-order valence-corrected chi connectivity index (χ3v) is 5.95. The molecule has 2 aliphatic rings. The van der Waals surface area contributed by atoms with E-state index in [1.165, 1.54) is 7.11 Å². The number of hydrogen-bond acceptors (Lipinski definition) is 6. The van der Waals surface area contributed by atoms with Crippen LogP contribution >= 0.6 is 0 Å². The first kappa shape index (κ1) is 21.6. The van der Waals surface area contributed by atoms with Gasteiger partial charge in [0.05, 0.1) is 18.7 Å². The number of hydrogen-bond donors (Lipinski definition) is 4. The summed E-state index contributed by atoms with van der Waals surface area (Å²) in [6, 6.07) is 5.79. The van der Waals surface area contributed by atoms with Crippen LogP contribution in [0.3, 0.4) is 0 Å². The van der Waals surface area contributed by atoms with Crippen LogP contribution < -0.4 is 20.7 Å². The van der Waals surface area contributed by atoms with Crippen molar-refractivity contribution < 1.29 is 19.1 Å². The fraction of sp³-hybridized carbons (Fsp3) is 0.500. The molecule has 1 unspecified atom stereocenters. The molecular weight excluding hydrogens is 412 g/mol. The Hall–Kier alpha value is -3.61. The number of amides is 3. The van der Waals surface area contributed by atoms with Crippen molar-refractivity contribution in [3.63, 3.8) is 0 Å². The number of imidazole rings is 1. The predicted octanol–water partition coefficient (Wildman–Crippen LogP) is 1.00. The topological polar surface area (TPSA) is 149 Å². The van der Waals surface area contributed by atoms with Crippen LogP contribution in [-0.4, -0.2) is 53.4 Å². The lowest BCUT2D eigenvalue weighted by Crippen LogP contribution is -2.50. The van der Waals surface area contributed by atoms with Crippen molar-refractivity contribution in [1.29, 1.82) is 5.26 Å². The molecule has 1 aromatic carbocycles. The standard InChI is InChI=1S/C22H26N6O4/c1-32-17-4-2-3-15-18(17)28-19(26-15)22(31)27-16(9-12-5-6-12)21(30)25-14(11-23)10-13-7-8-24-20(13)29/h2-4,12-14,16H,5-10H2,1H3,(H,24,29)(H,25,30)(H,26,28)(H,27,31)/t13-,14-,16?/m0/s1. The van der Waals surface area contributed by atoms with Gasteiger partial charge in [0.15, 0.2) is 5.82 Å². The van der Waals surface area contributed by atoms with Crippen LogP contribution in [0.5, 0.6) is 5.75 Å². The van der Waals surface area contributed by atoms with E-state index in [1.54, 1.807) is 18.2 Å². The first-order chi connectivity index (χ1) is 15.5. The molecule has 168 valence electrons. The molecule has 2 fully saturated rings. The van der Waals surface area contributed by atoms with E-state index in [9.17, 15) is 19.6 Å². The number of carbonyl (C=O) groups is 3. The summed E-state index contributed by atoms with van der Waals surface area (Å²) >= 11 is 0. The highest BCUT2D eigenvalue weighted by Crippen LogP contribution is 2.33. The number of para-hydroxylation sites is 1. The number of nitriles is 1. The molecule has 1 saturated carbocycles. The van der Waals surface area contributed by atoms with Crippen molar-refractivity contribution in [2.24, 2.45) is 11.8 Å². The van der Waals surface area contributed by atoms with Crippen LogP contribution in [0.2, 0.25) is 0 Å². The molecule has 0 bridgehead atoms. The summed E-state index contributed by atoms with van der Waals surface area (Å²) < 4.78 is 5.28. The summed E-state index contributed by atoms with van der Waals surface area (Å²) in [5, 5.41) is 17.7. The third-order valence-electron chi connectivity index (χ3n) is 5.95. The summed E-state index contributed by atoms with van der Waals surface area (Å²) in [5.74, 6) is -0.334. The Kier molecular flexibility index (Phi) is 6.25. The zero-order valence-electron chi connectivity index (χ0n) is 17.8. The van der Waals surface area contributed by atoms with Gasteiger partial charge in [0.25, 0.3) is 5.91 Å². The molecule has 0 radical (unpaired) electrons. The Labute approximate surface area is 185 Å². The van der Waals surface area contributed by atoms with Gasteiger partial charge >= 0.3 is 0 Å². The summed E-state index contributed by atoms with van der Waals surface area (Å²) in [6.07, 6.45) is 3.40. The zero-order chi connectivity index (χ0) is 22.7. The van der Waals surface area contributed by atoms with Crippen molar-refractivity contribution >= 4 is 28.8 Å². The molecule has 3 amide bonds. The molecule has 10 heteroatoms. The number of methoxy groups -OCH3 is 1. The fourth-order valence-corrected chi connectivity index (χ4v) is 3.99. The monoisotopic (exact) mass is 438 g/mol. The SMILES string of the molecule is COc1cccc2[nH]c(C(=O)NC(CC3CC3)C(=O)N[C@H](C#N)C[C@@H]3CCNC3=O)nc12. The lowest BCUT2D eigenvalue weighted by Gasteiger charge is -2.21. The van der Waals surface area contributed by atoms with Gasteiger partial charge in [-0.3, -0.25) is 14.4 Å². The minimum absolute atomic E-state index is 0.0811. The predicted molar refractivity (Wildman–Crippen MR) is 115 cm³/mol. The maximum atomic E-state index is 12.9. The van der Waals surface area contributed by atoms with Gasteiger partial charge < -0.3 is 25.7 Å². The third kappa shape index (κ3) is 4.82. The van der Waals surface area contributed by atoms with Crippen molar-refractivity contribution in [3.05, 3.63) is 24.0 Å². The fourth-order valence-electron chi connectivity index (χ4n) is 3.99. The maximum Gasteiger partial charge on any atom is 0.287 e. The molecular formula is C22H26N6O4. The van der Waals surface area contributed by atoms with Crippen LogP contribution in [0, 0.1) is 23.2 Å². The number of H-pyrrole nitrogens is 1. The van der Waals surface area contributed by atoms with Crippen LogP contribution in [-0.2, 0) is 9.59 Å². The number of rotatable bonds is 9. The average molecular weight is 438 g/mol. The maximum absolute atomic E-state index is 12.9. The molecule has 3 atom stereocenters. The molecule has 1 saturated heterocycles. The van der Waals surface area contributed by atoms with Crippen molar-refractivity contribution in [2.45, 2.75) is 44.2 Å². The Morgan fingerprint density at radius 1 is 1.28 bits per heavy atom. The Bertz CT molecular complexity index is 1070. The molecule has 1 aliphatic heterocycles. The molecule has 1 aliphatic carbocycles. The summed E-state index contributed by atoms with van der Waals surface area (Å²) in [7, 11) is 1.53. The number of fused-ring (bicyclic) bond motifs is 1. The van der Waals surface area contributed by atoms with Gasteiger partial charge in [0.2, 0.25) is 11.8 Å². The van der Waals surface area contributed by atoms with E-state index < -0.39 is 23.9 Å². The molecule has 0 spiro atoms. The first-order valence-corrected chi connectivity index (χ1v) is 10.8. The van der Waals surface area contributed by atoms with Crippen LogP contribution in [0.4, 0.5) is 0 Å². The first-order valence-electron chi connectivity index (χ1n) is 10.8. The van der Waals surface area contributed by atoms with Gasteiger partial charge in [-0.2, -0.15) is 5.26 Å². The normalized spacial score (nSPS) is 19.6. The van der Waals surface area contributed by atoms with E-state index in [0.29, 0.717) is 42.1 Å². The lowest BCUT2D eigenvalue weighted by atomic mass is 9.98. The Morgan fingerprint density at radius 3 is 2.75 bits per heavy atom. The van der Waals surface area contributed by atoms with Crippen molar-refractivity contribution in [1.82, 2.24) is 25.9 Å². The summed E-state index contributed by atoms with van der Waals surface area (Å²) in [6.45, 7) is 0.582. The highest BCUT2D eigenvalue weighted by molar-refractivity contribution is 5.98. The number of nitrogens with zero attached hydrogens (tertiary/aromatic N) is 2. The van der Waals surface area contributed by atoms with Gasteiger partial charge in [-0.15, -0.1) is 0 Å². The summed E-state index contributed by atoms with van der Waals surface area (Å²) in [5.41, 5.74) is 1.18. The van der Waals surface area contributed by atoms with E-state index in [2.05, 4.69) is 32.0 Å². The lowest BCUT2D eigenvalue weighted by molar-refractivity contribution is -0.125. The molecule has 32 heavy (non-hydrogen) atoms. The zero-order valence-corrected chi connectivity index (χ0v) is 17.8. The van der Waals surface area contributed by atoms with Gasteiger partial charge in [0, 0.05) is 12.5 Å². The largest absolute Gasteiger partial charge is 0.494 e. The smallest absolute Gasteiger partial charge is 0.287 e. The Balaban J connectivity index is 1.44. The van der Waals surface area contributed by atoms with E-state index in [1.807, 2.05) is 0 Å². The van der Waals surface area contributed by atoms with Gasteiger partial charge in [-0.05, 0) is 37.3 Å². The second-order valence-corrected chi connectivity index (χ2v) is 8.35. The Morgan fingerprint density at radius 2 is 2.09 bits per heavy atom. The van der Waals surface area contributed by atoms with Crippen LogP contribution in [0.1, 0.15) is 42.7 Å². The number of aromatic nitrogens is 2. The van der Waals surface area contributed by atoms with Gasteiger partial charge in [0.1, 0.15) is 23.3 Å². The number of benzene rings is 1. The number of nitrogens with one attached hydrogen (secondary N) is 4. The molecule has 4 N–H and O–H groups in total. The van der Waals surface area contributed by atoms with Gasteiger partial charge in [-0.1, -0.05) is 18.9 Å². The average Bonchev–Trinajstić information content (AvgIpc) is 3.35. The van der Waals surface area contributed by atoms with E-state index >= 15 is 0 Å². The number of ether oxygens (including phenoxy) is 1. The molecule has 10 nitrogen and oxygen atoms in total. The molecule has 2 aromatic rings. The quantitative estimate of drug-likeness (QED) is 0.459. The minimum atomic E-state index is -0.801. The van der Waals surface area contributed by atoms with Gasteiger partial charge in [-0.25, -0.2) is 4.98 Å². The highest BCUT2D eigenvalue weighted by Gasteiger charge is 2.33. The second-order valence-electron chi connectivity index (χ2n) is 8.35. The van der Waals surface area contributed by atoms with Crippen molar-refractivity contribution in [2.75, 3.05) is 13.7 Å². The van der Waals surface area contributed by atoms with E-state index in [-0.39, 0.29) is 24.1 Å². The second kappa shape index (κ2) is 9.26. The van der Waals surface area contributed by atoms with Crippen molar-refractivity contribution in [3.8, 4) is 11.8 Å².